The quantitative estimate of drug-likeness (QED) is 0.773. The van der Waals surface area contributed by atoms with E-state index in [9.17, 15) is 14.4 Å². The number of aliphatic carboxylic acids is 1. The molecule has 1 aliphatic rings. The molecule has 1 heterocycles. The van der Waals surface area contributed by atoms with Crippen molar-refractivity contribution in [3.05, 3.63) is 35.9 Å². The number of carboxylic acids is 1. The summed E-state index contributed by atoms with van der Waals surface area (Å²) in [6.07, 6.45) is 0. The van der Waals surface area contributed by atoms with E-state index in [1.165, 1.54) is 6.92 Å². The average molecular weight is 248 g/mol. The van der Waals surface area contributed by atoms with Crippen molar-refractivity contribution in [3.8, 4) is 0 Å². The molecule has 3 amide bonds. The number of nitrogens with one attached hydrogen (secondary N) is 1. The van der Waals surface area contributed by atoms with Crippen molar-refractivity contribution in [3.63, 3.8) is 0 Å². The molecule has 0 saturated carbocycles. The van der Waals surface area contributed by atoms with Crippen molar-refractivity contribution in [2.75, 3.05) is 0 Å². The monoisotopic (exact) mass is 248 g/mol. The molecule has 0 aliphatic carbocycles. The van der Waals surface area contributed by atoms with Gasteiger partial charge in [-0.2, -0.15) is 0 Å². The predicted octanol–water partition coefficient (Wildman–Crippen LogP) is 0.753. The third-order valence-electron chi connectivity index (χ3n) is 2.85. The van der Waals surface area contributed by atoms with Crippen molar-refractivity contribution < 1.29 is 19.5 Å². The van der Waals surface area contributed by atoms with Crippen LogP contribution in [0.3, 0.4) is 0 Å². The molecular weight excluding hydrogens is 236 g/mol. The fourth-order valence-electron chi connectivity index (χ4n) is 1.84. The van der Waals surface area contributed by atoms with E-state index < -0.39 is 30.0 Å². The van der Waals surface area contributed by atoms with E-state index in [0.29, 0.717) is 5.56 Å². The first kappa shape index (κ1) is 12.1. The Kier molecular flexibility index (Phi) is 3.01. The van der Waals surface area contributed by atoms with Crippen molar-refractivity contribution in [1.29, 1.82) is 0 Å². The van der Waals surface area contributed by atoms with Crippen molar-refractivity contribution >= 4 is 17.9 Å². The lowest BCUT2D eigenvalue weighted by atomic mass is 10.1. The SMILES string of the molecule is CC(C(=O)O)N1C(=O)NC(c2ccccc2)C1=O. The normalized spacial score (nSPS) is 20.7. The number of carbonyl (C=O) groups is 3. The number of imide groups is 1. The summed E-state index contributed by atoms with van der Waals surface area (Å²) in [5, 5.41) is 11.3. The number of amides is 3. The first-order valence-corrected chi connectivity index (χ1v) is 5.43. The Hall–Kier alpha value is -2.37. The molecular formula is C12H12N2O4. The van der Waals surface area contributed by atoms with Crippen LogP contribution in [0.2, 0.25) is 0 Å². The third-order valence-corrected chi connectivity index (χ3v) is 2.85. The lowest BCUT2D eigenvalue weighted by molar-refractivity contribution is -0.146. The number of rotatable bonds is 3. The molecule has 18 heavy (non-hydrogen) atoms. The number of carbonyl (C=O) groups excluding carboxylic acids is 2. The van der Waals surface area contributed by atoms with Crippen molar-refractivity contribution in [2.45, 2.75) is 19.0 Å². The second-order valence-electron chi connectivity index (χ2n) is 4.02. The molecule has 1 aromatic rings. The first-order valence-electron chi connectivity index (χ1n) is 5.43. The van der Waals surface area contributed by atoms with Gasteiger partial charge < -0.3 is 10.4 Å². The number of hydrogen-bond acceptors (Lipinski definition) is 3. The predicted molar refractivity (Wildman–Crippen MR) is 61.7 cm³/mol. The summed E-state index contributed by atoms with van der Waals surface area (Å²) in [6.45, 7) is 1.30. The van der Waals surface area contributed by atoms with Gasteiger partial charge in [0.1, 0.15) is 12.1 Å². The molecule has 0 aromatic heterocycles. The van der Waals surface area contributed by atoms with E-state index in [0.717, 1.165) is 4.90 Å². The van der Waals surface area contributed by atoms with Crippen molar-refractivity contribution in [1.82, 2.24) is 10.2 Å². The maximum atomic E-state index is 12.0. The summed E-state index contributed by atoms with van der Waals surface area (Å²) in [6, 6.07) is 6.05. The largest absolute Gasteiger partial charge is 0.480 e. The maximum Gasteiger partial charge on any atom is 0.326 e. The zero-order valence-electron chi connectivity index (χ0n) is 9.66. The highest BCUT2D eigenvalue weighted by Crippen LogP contribution is 2.23. The van der Waals surface area contributed by atoms with E-state index in [-0.39, 0.29) is 0 Å². The number of benzene rings is 1. The summed E-state index contributed by atoms with van der Waals surface area (Å²) < 4.78 is 0. The highest BCUT2D eigenvalue weighted by Gasteiger charge is 2.43. The van der Waals surface area contributed by atoms with E-state index in [2.05, 4.69) is 5.32 Å². The fourth-order valence-corrected chi connectivity index (χ4v) is 1.84. The third kappa shape index (κ3) is 1.92. The van der Waals surface area contributed by atoms with Gasteiger partial charge in [0.25, 0.3) is 5.91 Å². The molecule has 1 fully saturated rings. The maximum absolute atomic E-state index is 12.0. The summed E-state index contributed by atoms with van der Waals surface area (Å²) >= 11 is 0. The van der Waals surface area contributed by atoms with E-state index in [4.69, 9.17) is 5.11 Å². The van der Waals surface area contributed by atoms with E-state index in [1.54, 1.807) is 30.3 Å². The van der Waals surface area contributed by atoms with Gasteiger partial charge in [-0.05, 0) is 12.5 Å². The Morgan fingerprint density at radius 2 is 1.94 bits per heavy atom. The smallest absolute Gasteiger partial charge is 0.326 e. The van der Waals surface area contributed by atoms with Gasteiger partial charge in [-0.3, -0.25) is 4.79 Å². The van der Waals surface area contributed by atoms with Crippen LogP contribution < -0.4 is 5.32 Å². The van der Waals surface area contributed by atoms with Crippen LogP contribution in [0, 0.1) is 0 Å². The van der Waals surface area contributed by atoms with Gasteiger partial charge >= 0.3 is 12.0 Å². The molecule has 0 bridgehead atoms. The molecule has 0 radical (unpaired) electrons. The molecule has 2 unspecified atom stereocenters. The molecule has 94 valence electrons. The standard InChI is InChI=1S/C12H12N2O4/c1-7(11(16)17)14-10(15)9(13-12(14)18)8-5-3-2-4-6-8/h2-7,9H,1H3,(H,13,18)(H,16,17). The van der Waals surface area contributed by atoms with Gasteiger partial charge in [0, 0.05) is 0 Å². The minimum atomic E-state index is -1.22. The van der Waals surface area contributed by atoms with Crippen LogP contribution in [0.5, 0.6) is 0 Å². The fraction of sp³-hybridized carbons (Fsp3) is 0.250. The first-order chi connectivity index (χ1) is 8.52. The molecule has 0 spiro atoms. The van der Waals surface area contributed by atoms with Gasteiger partial charge in [0.05, 0.1) is 0 Å². The van der Waals surface area contributed by atoms with Crippen LogP contribution >= 0.6 is 0 Å². The second-order valence-corrected chi connectivity index (χ2v) is 4.02. The van der Waals surface area contributed by atoms with E-state index in [1.807, 2.05) is 0 Å². The molecule has 2 N–H and O–H groups in total. The lowest BCUT2D eigenvalue weighted by Gasteiger charge is -2.17. The van der Waals surface area contributed by atoms with Crippen molar-refractivity contribution in [2.24, 2.45) is 0 Å². The van der Waals surface area contributed by atoms with Crippen LogP contribution in [-0.2, 0) is 9.59 Å². The van der Waals surface area contributed by atoms with Gasteiger partial charge in [-0.1, -0.05) is 30.3 Å². The zero-order chi connectivity index (χ0) is 13.3. The van der Waals surface area contributed by atoms with Crippen LogP contribution in [0.15, 0.2) is 30.3 Å². The summed E-state index contributed by atoms with van der Waals surface area (Å²) in [7, 11) is 0. The van der Waals surface area contributed by atoms with Gasteiger partial charge in [-0.15, -0.1) is 0 Å². The second kappa shape index (κ2) is 4.48. The molecule has 2 rings (SSSR count). The number of urea groups is 1. The van der Waals surface area contributed by atoms with Crippen LogP contribution in [-0.4, -0.2) is 34.0 Å². The zero-order valence-corrected chi connectivity index (χ0v) is 9.66. The Morgan fingerprint density at radius 3 is 2.50 bits per heavy atom. The molecule has 2 atom stereocenters. The molecule has 1 aliphatic heterocycles. The minimum Gasteiger partial charge on any atom is -0.480 e. The molecule has 6 nitrogen and oxygen atoms in total. The summed E-state index contributed by atoms with van der Waals surface area (Å²) in [5.74, 6) is -1.76. The van der Waals surface area contributed by atoms with Gasteiger partial charge in [-0.25, -0.2) is 14.5 Å². The Balaban J connectivity index is 2.27. The highest BCUT2D eigenvalue weighted by atomic mass is 16.4. The van der Waals surface area contributed by atoms with Crippen LogP contribution in [0.1, 0.15) is 18.5 Å². The van der Waals surface area contributed by atoms with Crippen LogP contribution in [0.4, 0.5) is 4.79 Å². The number of hydrogen-bond donors (Lipinski definition) is 2. The van der Waals surface area contributed by atoms with E-state index >= 15 is 0 Å². The van der Waals surface area contributed by atoms with Gasteiger partial charge in [0.2, 0.25) is 0 Å². The summed E-state index contributed by atoms with van der Waals surface area (Å²) in [5.41, 5.74) is 0.635. The minimum absolute atomic E-state index is 0.541. The highest BCUT2D eigenvalue weighted by molar-refractivity contribution is 6.07. The number of nitrogens with zero attached hydrogens (tertiary/aromatic N) is 1. The topological polar surface area (TPSA) is 86.7 Å². The Bertz CT molecular complexity index is 500. The average Bonchev–Trinajstić information content (AvgIpc) is 2.65. The Labute approximate surface area is 103 Å². The lowest BCUT2D eigenvalue weighted by Crippen LogP contribution is -2.43. The Morgan fingerprint density at radius 1 is 1.33 bits per heavy atom. The van der Waals surface area contributed by atoms with Crippen LogP contribution in [0.25, 0.3) is 0 Å². The number of carboxylic acid groups (broad SMARTS) is 1. The molecule has 1 aromatic carbocycles. The molecule has 6 heteroatoms. The van der Waals surface area contributed by atoms with Gasteiger partial charge in [0.15, 0.2) is 0 Å². The summed E-state index contributed by atoms with van der Waals surface area (Å²) in [4.78, 5) is 35.3. The molecule has 1 saturated heterocycles.